The standard InChI is InChI=1S/C14H20N2O2/c17-14(18)15-13-8-10-16(11-13)9-4-7-12-5-2-1-3-6-12/h1-3,5-6,13,15H,4,7-11H2,(H,17,18)/t13-/m1/s1. The molecular formula is C14H20N2O2. The van der Waals surface area contributed by atoms with Gasteiger partial charge in [-0.1, -0.05) is 30.3 Å². The van der Waals surface area contributed by atoms with E-state index in [1.807, 2.05) is 6.07 Å². The first kappa shape index (κ1) is 12.9. The molecule has 0 bridgehead atoms. The average molecular weight is 248 g/mol. The molecule has 1 saturated heterocycles. The Morgan fingerprint density at radius 3 is 2.89 bits per heavy atom. The molecule has 4 heteroatoms. The Bertz CT molecular complexity index is 381. The van der Waals surface area contributed by atoms with Gasteiger partial charge in [0.25, 0.3) is 0 Å². The molecule has 0 aliphatic carbocycles. The van der Waals surface area contributed by atoms with Gasteiger partial charge < -0.3 is 15.3 Å². The van der Waals surface area contributed by atoms with Crippen molar-refractivity contribution < 1.29 is 9.90 Å². The van der Waals surface area contributed by atoms with Crippen molar-refractivity contribution in [3.63, 3.8) is 0 Å². The van der Waals surface area contributed by atoms with Crippen LogP contribution in [0.4, 0.5) is 4.79 Å². The minimum Gasteiger partial charge on any atom is -0.465 e. The second-order valence-corrected chi connectivity index (χ2v) is 4.82. The van der Waals surface area contributed by atoms with E-state index in [1.54, 1.807) is 0 Å². The highest BCUT2D eigenvalue weighted by Crippen LogP contribution is 2.11. The number of likely N-dealkylation sites (tertiary alicyclic amines) is 1. The number of nitrogens with zero attached hydrogens (tertiary/aromatic N) is 1. The Hall–Kier alpha value is -1.55. The second-order valence-electron chi connectivity index (χ2n) is 4.82. The molecule has 0 spiro atoms. The number of rotatable bonds is 5. The van der Waals surface area contributed by atoms with Crippen LogP contribution < -0.4 is 5.32 Å². The molecule has 18 heavy (non-hydrogen) atoms. The maximum absolute atomic E-state index is 10.5. The predicted molar refractivity (Wildman–Crippen MR) is 70.8 cm³/mol. The van der Waals surface area contributed by atoms with Gasteiger partial charge in [0.15, 0.2) is 0 Å². The highest BCUT2D eigenvalue weighted by Gasteiger charge is 2.22. The van der Waals surface area contributed by atoms with Crippen LogP contribution in [0.15, 0.2) is 30.3 Å². The molecule has 98 valence electrons. The number of nitrogens with one attached hydrogen (secondary N) is 1. The van der Waals surface area contributed by atoms with Gasteiger partial charge in [-0.3, -0.25) is 0 Å². The highest BCUT2D eigenvalue weighted by molar-refractivity contribution is 5.64. The zero-order chi connectivity index (χ0) is 12.8. The summed E-state index contributed by atoms with van der Waals surface area (Å²) in [4.78, 5) is 12.9. The number of hydrogen-bond acceptors (Lipinski definition) is 2. The SMILES string of the molecule is O=C(O)N[C@@H]1CCN(CCCc2ccccc2)C1. The van der Waals surface area contributed by atoms with E-state index in [1.165, 1.54) is 5.56 Å². The van der Waals surface area contributed by atoms with Crippen LogP contribution in [-0.2, 0) is 6.42 Å². The summed E-state index contributed by atoms with van der Waals surface area (Å²) >= 11 is 0. The molecule has 1 fully saturated rings. The molecular weight excluding hydrogens is 228 g/mol. The fourth-order valence-electron chi connectivity index (χ4n) is 2.48. The van der Waals surface area contributed by atoms with Gasteiger partial charge in [0, 0.05) is 19.1 Å². The van der Waals surface area contributed by atoms with Crippen molar-refractivity contribution in [1.82, 2.24) is 10.2 Å². The maximum atomic E-state index is 10.5. The van der Waals surface area contributed by atoms with Crippen molar-refractivity contribution in [2.75, 3.05) is 19.6 Å². The molecule has 0 saturated carbocycles. The number of carbonyl (C=O) groups is 1. The van der Waals surface area contributed by atoms with E-state index in [2.05, 4.69) is 34.5 Å². The fourth-order valence-corrected chi connectivity index (χ4v) is 2.48. The Kier molecular flexibility index (Phi) is 4.59. The molecule has 0 unspecified atom stereocenters. The first-order valence-electron chi connectivity index (χ1n) is 6.50. The highest BCUT2D eigenvalue weighted by atomic mass is 16.4. The van der Waals surface area contributed by atoms with Crippen molar-refractivity contribution in [3.8, 4) is 0 Å². The summed E-state index contributed by atoms with van der Waals surface area (Å²) in [6.45, 7) is 2.90. The van der Waals surface area contributed by atoms with Crippen molar-refractivity contribution in [2.24, 2.45) is 0 Å². The number of amides is 1. The molecule has 1 aromatic carbocycles. The van der Waals surface area contributed by atoms with Gasteiger partial charge in [-0.05, 0) is 31.4 Å². The molecule has 0 radical (unpaired) electrons. The molecule has 1 aliphatic heterocycles. The Morgan fingerprint density at radius 2 is 2.17 bits per heavy atom. The van der Waals surface area contributed by atoms with Gasteiger partial charge in [-0.25, -0.2) is 4.79 Å². The molecule has 1 aliphatic rings. The third-order valence-electron chi connectivity index (χ3n) is 3.38. The molecule has 1 aromatic rings. The van der Waals surface area contributed by atoms with Crippen LogP contribution in [0.5, 0.6) is 0 Å². The molecule has 0 aromatic heterocycles. The van der Waals surface area contributed by atoms with Crippen LogP contribution in [0.25, 0.3) is 0 Å². The van der Waals surface area contributed by atoms with E-state index < -0.39 is 6.09 Å². The summed E-state index contributed by atoms with van der Waals surface area (Å²) in [5.74, 6) is 0. The van der Waals surface area contributed by atoms with Crippen LogP contribution in [-0.4, -0.2) is 41.8 Å². The summed E-state index contributed by atoms with van der Waals surface area (Å²) in [7, 11) is 0. The van der Waals surface area contributed by atoms with Gasteiger partial charge in [0.2, 0.25) is 0 Å². The molecule has 4 nitrogen and oxygen atoms in total. The smallest absolute Gasteiger partial charge is 0.404 e. The van der Waals surface area contributed by atoms with Gasteiger partial charge >= 0.3 is 6.09 Å². The van der Waals surface area contributed by atoms with Gasteiger partial charge in [-0.15, -0.1) is 0 Å². The fraction of sp³-hybridized carbons (Fsp3) is 0.500. The lowest BCUT2D eigenvalue weighted by atomic mass is 10.1. The minimum absolute atomic E-state index is 0.110. The minimum atomic E-state index is -0.911. The summed E-state index contributed by atoms with van der Waals surface area (Å²) in [5, 5.41) is 11.2. The van der Waals surface area contributed by atoms with Gasteiger partial charge in [0.05, 0.1) is 0 Å². The van der Waals surface area contributed by atoms with Gasteiger partial charge in [0.1, 0.15) is 0 Å². The summed E-state index contributed by atoms with van der Waals surface area (Å²) in [5.41, 5.74) is 1.37. The lowest BCUT2D eigenvalue weighted by Gasteiger charge is -2.15. The van der Waals surface area contributed by atoms with E-state index in [0.717, 1.165) is 38.9 Å². The third-order valence-corrected chi connectivity index (χ3v) is 3.38. The zero-order valence-electron chi connectivity index (χ0n) is 10.5. The zero-order valence-corrected chi connectivity index (χ0v) is 10.5. The van der Waals surface area contributed by atoms with E-state index in [0.29, 0.717) is 0 Å². The number of hydrogen-bond donors (Lipinski definition) is 2. The van der Waals surface area contributed by atoms with Crippen LogP contribution in [0.3, 0.4) is 0 Å². The van der Waals surface area contributed by atoms with Crippen LogP contribution in [0.2, 0.25) is 0 Å². The summed E-state index contributed by atoms with van der Waals surface area (Å²) < 4.78 is 0. The Labute approximate surface area is 108 Å². The number of benzene rings is 1. The molecule has 1 heterocycles. The lowest BCUT2D eigenvalue weighted by Crippen LogP contribution is -2.36. The molecule has 2 N–H and O–H groups in total. The van der Waals surface area contributed by atoms with E-state index >= 15 is 0 Å². The average Bonchev–Trinajstić information content (AvgIpc) is 2.77. The topological polar surface area (TPSA) is 52.6 Å². The quantitative estimate of drug-likeness (QED) is 0.837. The van der Waals surface area contributed by atoms with Crippen LogP contribution in [0, 0.1) is 0 Å². The van der Waals surface area contributed by atoms with Crippen molar-refractivity contribution >= 4 is 6.09 Å². The van der Waals surface area contributed by atoms with E-state index in [-0.39, 0.29) is 6.04 Å². The largest absolute Gasteiger partial charge is 0.465 e. The van der Waals surface area contributed by atoms with E-state index in [4.69, 9.17) is 5.11 Å². The molecule has 1 atom stereocenters. The summed E-state index contributed by atoms with van der Waals surface area (Å²) in [6.07, 6.45) is 2.24. The first-order valence-corrected chi connectivity index (χ1v) is 6.50. The molecule has 2 rings (SSSR count). The van der Waals surface area contributed by atoms with Crippen LogP contribution >= 0.6 is 0 Å². The normalized spacial score (nSPS) is 19.9. The number of carboxylic acid groups (broad SMARTS) is 1. The third kappa shape index (κ3) is 4.04. The van der Waals surface area contributed by atoms with Crippen molar-refractivity contribution in [2.45, 2.75) is 25.3 Å². The first-order chi connectivity index (χ1) is 8.74. The summed E-state index contributed by atoms with van der Waals surface area (Å²) in [6, 6.07) is 10.6. The second kappa shape index (κ2) is 6.40. The Morgan fingerprint density at radius 1 is 1.39 bits per heavy atom. The monoisotopic (exact) mass is 248 g/mol. The molecule has 1 amide bonds. The lowest BCUT2D eigenvalue weighted by molar-refractivity contribution is 0.189. The Balaban J connectivity index is 1.65. The van der Waals surface area contributed by atoms with Crippen molar-refractivity contribution in [1.29, 1.82) is 0 Å². The van der Waals surface area contributed by atoms with Crippen molar-refractivity contribution in [3.05, 3.63) is 35.9 Å². The van der Waals surface area contributed by atoms with E-state index in [9.17, 15) is 4.79 Å². The van der Waals surface area contributed by atoms with Gasteiger partial charge in [-0.2, -0.15) is 0 Å². The number of aryl methyl sites for hydroxylation is 1. The maximum Gasteiger partial charge on any atom is 0.404 e. The predicted octanol–water partition coefficient (Wildman–Crippen LogP) is 1.96. The van der Waals surface area contributed by atoms with Crippen LogP contribution in [0.1, 0.15) is 18.4 Å².